The minimum absolute atomic E-state index is 0.0718. The number of hydrogen-bond donors (Lipinski definition) is 0. The Balaban J connectivity index is 2.83. The van der Waals surface area contributed by atoms with Crippen LogP contribution in [-0.4, -0.2) is 37.8 Å². The molecule has 0 aromatic heterocycles. The van der Waals surface area contributed by atoms with Crippen LogP contribution in [0.15, 0.2) is 0 Å². The van der Waals surface area contributed by atoms with Crippen LogP contribution >= 0.6 is 0 Å². The van der Waals surface area contributed by atoms with Gasteiger partial charge in [-0.05, 0) is 0 Å². The van der Waals surface area contributed by atoms with Crippen LogP contribution in [0.2, 0.25) is 0 Å². The summed E-state index contributed by atoms with van der Waals surface area (Å²) in [6, 6.07) is 0. The van der Waals surface area contributed by atoms with Gasteiger partial charge in [0.25, 0.3) is 0 Å². The molecule has 0 aromatic carbocycles. The average Bonchev–Trinajstić information content (AvgIpc) is 1.35. The molecule has 6 heavy (non-hydrogen) atoms. The summed E-state index contributed by atoms with van der Waals surface area (Å²) in [6.07, 6.45) is 0. The molecule has 0 atom stereocenters. The summed E-state index contributed by atoms with van der Waals surface area (Å²) < 4.78 is 4.39. The van der Waals surface area contributed by atoms with Crippen LogP contribution in [0, 0.1) is 0 Å². The van der Waals surface area contributed by atoms with Crippen molar-refractivity contribution in [1.82, 2.24) is 0 Å². The van der Waals surface area contributed by atoms with Crippen molar-refractivity contribution in [3.05, 3.63) is 0 Å². The molecule has 30 valence electrons. The van der Waals surface area contributed by atoms with E-state index < -0.39 is 0 Å². The van der Waals surface area contributed by atoms with Gasteiger partial charge >= 0.3 is 54.2 Å². The summed E-state index contributed by atoms with van der Waals surface area (Å²) in [7, 11) is 0. The molecule has 2 nitrogen and oxygen atoms in total. The Morgan fingerprint density at radius 2 is 2.50 bits per heavy atom. The van der Waals surface area contributed by atoms with E-state index in [-0.39, 0.29) is 3.22 Å². The number of ether oxygens (including phenoxy) is 1. The van der Waals surface area contributed by atoms with Crippen molar-refractivity contribution in [2.45, 2.75) is 6.92 Å². The monoisotopic (exact) mass is 96.0 g/mol. The van der Waals surface area contributed by atoms with Gasteiger partial charge in [0.1, 0.15) is 0 Å². The maximum atomic E-state index is 9.88. The molecule has 0 N–H and O–H groups in total. The van der Waals surface area contributed by atoms with E-state index in [0.717, 1.165) is 0 Å². The van der Waals surface area contributed by atoms with E-state index in [0.29, 0.717) is 34.5 Å². The van der Waals surface area contributed by atoms with Crippen LogP contribution in [0.4, 0.5) is 4.79 Å². The second-order valence-corrected chi connectivity index (χ2v) is 1.74. The van der Waals surface area contributed by atoms with Gasteiger partial charge in [0.2, 0.25) is 0 Å². The van der Waals surface area contributed by atoms with Crippen LogP contribution in [0.1, 0.15) is 6.92 Å². The second-order valence-electron chi connectivity index (χ2n) is 0.925. The predicted octanol–water partition coefficient (Wildman–Crippen LogP) is 0.311. The first-order valence-electron chi connectivity index (χ1n) is 1.90. The van der Waals surface area contributed by atoms with E-state index in [4.69, 9.17) is 0 Å². The van der Waals surface area contributed by atoms with E-state index in [9.17, 15) is 4.79 Å². The average molecular weight is 96.1 g/mol. The van der Waals surface area contributed by atoms with Gasteiger partial charge < -0.3 is 0 Å². The predicted molar refractivity (Wildman–Crippen MR) is 22.8 cm³/mol. The third-order valence-electron chi connectivity index (χ3n) is 0.348. The third-order valence-corrected chi connectivity index (χ3v) is 0.636. The van der Waals surface area contributed by atoms with Crippen molar-refractivity contribution in [3.63, 3.8) is 0 Å². The molecule has 0 aliphatic carbocycles. The zero-order chi connectivity index (χ0) is 4.99. The molecule has 3 heteroatoms. The SMILES string of the molecule is CCO[C](=O)[Na]. The molecule has 0 amide bonds. The molecule has 0 fully saturated rings. The number of hydrogen-bond acceptors (Lipinski definition) is 2. The number of rotatable bonds is 1. The van der Waals surface area contributed by atoms with Crippen molar-refractivity contribution in [3.8, 4) is 0 Å². The molecule has 0 unspecified atom stereocenters. The fourth-order valence-corrected chi connectivity index (χ4v) is 0.492. The standard InChI is InChI=1S/C3H5O2.Na/c1-2-5-3-4;/h2H2,1H3;. The topological polar surface area (TPSA) is 26.3 Å². The molecule has 0 bridgehead atoms. The van der Waals surface area contributed by atoms with Gasteiger partial charge in [0, 0.05) is 0 Å². The Morgan fingerprint density at radius 1 is 2.00 bits per heavy atom. The van der Waals surface area contributed by atoms with Crippen molar-refractivity contribution >= 4 is 31.1 Å². The Labute approximate surface area is 54.3 Å². The van der Waals surface area contributed by atoms with Gasteiger partial charge in [-0.2, -0.15) is 0 Å². The fraction of sp³-hybridized carbons (Fsp3) is 0.667. The zero-order valence-electron chi connectivity index (χ0n) is 4.02. The Bertz CT molecular complexity index is 52.8. The van der Waals surface area contributed by atoms with Crippen molar-refractivity contribution in [2.75, 3.05) is 6.61 Å². The molecule has 0 spiro atoms. The van der Waals surface area contributed by atoms with Gasteiger partial charge in [0.05, 0.1) is 0 Å². The van der Waals surface area contributed by atoms with Gasteiger partial charge in [-0.1, -0.05) is 0 Å². The Kier molecular flexibility index (Phi) is 3.94. The molecule has 0 aromatic rings. The first-order valence-corrected chi connectivity index (χ1v) is 2.90. The van der Waals surface area contributed by atoms with Crippen molar-refractivity contribution in [1.29, 1.82) is 0 Å². The number of carbonyl (C=O) groups excluding carboxylic acids is 1. The van der Waals surface area contributed by atoms with Gasteiger partial charge in [-0.3, -0.25) is 0 Å². The number of carbonyl (C=O) groups is 1. The molecular formula is C3H5NaO2. The molecule has 0 aliphatic heterocycles. The van der Waals surface area contributed by atoms with E-state index in [1.54, 1.807) is 6.92 Å². The summed E-state index contributed by atoms with van der Waals surface area (Å²) >= 11 is 0.518. The van der Waals surface area contributed by atoms with Crippen LogP contribution < -0.4 is 0 Å². The maximum absolute atomic E-state index is 9.88. The molecule has 0 saturated heterocycles. The summed E-state index contributed by atoms with van der Waals surface area (Å²) in [6.45, 7) is 2.32. The Morgan fingerprint density at radius 3 is 2.50 bits per heavy atom. The van der Waals surface area contributed by atoms with Crippen LogP contribution in [0.25, 0.3) is 0 Å². The summed E-state index contributed by atoms with van der Waals surface area (Å²) in [5.74, 6) is 0. The summed E-state index contributed by atoms with van der Waals surface area (Å²) in [4.78, 5) is 9.88. The minimum atomic E-state index is -0.0718. The zero-order valence-corrected chi connectivity index (χ0v) is 6.02. The quantitative estimate of drug-likeness (QED) is 0.439. The van der Waals surface area contributed by atoms with E-state index in [2.05, 4.69) is 4.74 Å². The van der Waals surface area contributed by atoms with Crippen LogP contribution in [0.3, 0.4) is 0 Å². The first-order chi connectivity index (χ1) is 2.77. The van der Waals surface area contributed by atoms with E-state index >= 15 is 0 Å². The summed E-state index contributed by atoms with van der Waals surface area (Å²) in [5.41, 5.74) is 0. The van der Waals surface area contributed by atoms with Crippen molar-refractivity contribution in [2.24, 2.45) is 0 Å². The van der Waals surface area contributed by atoms with Gasteiger partial charge in [-0.25, -0.2) is 0 Å². The molecule has 0 radical (unpaired) electrons. The molecular weight excluding hydrogens is 91.0 g/mol. The van der Waals surface area contributed by atoms with Crippen molar-refractivity contribution < 1.29 is 9.53 Å². The van der Waals surface area contributed by atoms with E-state index in [1.807, 2.05) is 0 Å². The van der Waals surface area contributed by atoms with Gasteiger partial charge in [0.15, 0.2) is 0 Å². The molecule has 0 rings (SSSR count). The molecule has 0 saturated carbocycles. The fourth-order valence-electron chi connectivity index (χ4n) is 0.203. The molecule has 0 heterocycles. The second kappa shape index (κ2) is 3.65. The van der Waals surface area contributed by atoms with Crippen LogP contribution in [0.5, 0.6) is 0 Å². The Hall–Kier alpha value is 0.470. The molecule has 0 aliphatic rings. The summed E-state index contributed by atoms with van der Waals surface area (Å²) in [5, 5.41) is 0. The normalized spacial score (nSPS) is 7.83. The van der Waals surface area contributed by atoms with Gasteiger partial charge in [-0.15, -0.1) is 0 Å². The first kappa shape index (κ1) is 6.47. The van der Waals surface area contributed by atoms with E-state index in [1.165, 1.54) is 0 Å². The van der Waals surface area contributed by atoms with Crippen LogP contribution in [-0.2, 0) is 4.74 Å². The third kappa shape index (κ3) is 4.47.